The van der Waals surface area contributed by atoms with Gasteiger partial charge in [0.05, 0.1) is 55.3 Å². The van der Waals surface area contributed by atoms with Gasteiger partial charge in [0.2, 0.25) is 6.41 Å². The number of hydrogen-bond acceptors (Lipinski definition) is 14. The lowest BCUT2D eigenvalue weighted by Gasteiger charge is -2.20. The molecule has 1 fully saturated rings. The molecular weight excluding hydrogens is 544 g/mol. The van der Waals surface area contributed by atoms with Gasteiger partial charge in [-0.1, -0.05) is 6.07 Å². The van der Waals surface area contributed by atoms with E-state index in [0.717, 1.165) is 0 Å². The first-order chi connectivity index (χ1) is 19.6. The molecule has 4 rings (SSSR count). The highest BCUT2D eigenvalue weighted by molar-refractivity contribution is 6.00. The van der Waals surface area contributed by atoms with Gasteiger partial charge in [-0.2, -0.15) is 0 Å². The lowest BCUT2D eigenvalue weighted by molar-refractivity contribution is -0.323. The van der Waals surface area contributed by atoms with E-state index in [4.69, 9.17) is 14.2 Å². The summed E-state index contributed by atoms with van der Waals surface area (Å²) >= 11 is 0. The number of hydrogen-bond donors (Lipinski definition) is 5. The SMILES string of the molecule is COCCN(C=O)c1cnc(-c2cccc(Nc3cc(N4CCOC4=O)nnc3C(=O)NC(O)(O)O)c2OC)nc1. The van der Waals surface area contributed by atoms with Gasteiger partial charge in [0, 0.05) is 19.7 Å². The maximum Gasteiger partial charge on any atom is 0.415 e. The number of aromatic nitrogens is 4. The number of para-hydroxylation sites is 1. The normalized spacial score (nSPS) is 13.0. The maximum atomic E-state index is 12.7. The molecule has 3 aromatic rings. The van der Waals surface area contributed by atoms with Crippen LogP contribution in [0.15, 0.2) is 36.7 Å². The number of ether oxygens (including phenoxy) is 3. The van der Waals surface area contributed by atoms with Crippen LogP contribution in [-0.4, -0.2) is 101 Å². The van der Waals surface area contributed by atoms with Gasteiger partial charge in [-0.25, -0.2) is 14.8 Å². The summed E-state index contributed by atoms with van der Waals surface area (Å²) in [7, 11) is 2.92. The summed E-state index contributed by atoms with van der Waals surface area (Å²) in [4.78, 5) is 47.5. The van der Waals surface area contributed by atoms with Crippen molar-refractivity contribution in [1.82, 2.24) is 25.5 Å². The third-order valence-corrected chi connectivity index (χ3v) is 5.68. The predicted octanol–water partition coefficient (Wildman–Crippen LogP) is -0.430. The minimum absolute atomic E-state index is 0.0389. The summed E-state index contributed by atoms with van der Waals surface area (Å²) in [5.74, 6) is -0.663. The Morgan fingerprint density at radius 2 is 1.95 bits per heavy atom. The Labute approximate surface area is 232 Å². The van der Waals surface area contributed by atoms with Crippen molar-refractivity contribution in [2.24, 2.45) is 0 Å². The lowest BCUT2D eigenvalue weighted by Crippen LogP contribution is -2.48. The number of nitrogens with one attached hydrogen (secondary N) is 2. The number of rotatable bonds is 12. The zero-order valence-electron chi connectivity index (χ0n) is 21.8. The number of methoxy groups -OCH3 is 2. The zero-order chi connectivity index (χ0) is 29.6. The van der Waals surface area contributed by atoms with Crippen LogP contribution in [0, 0.1) is 0 Å². The van der Waals surface area contributed by atoms with Crippen molar-refractivity contribution >= 4 is 41.3 Å². The van der Waals surface area contributed by atoms with Crippen molar-refractivity contribution in [2.45, 2.75) is 6.10 Å². The summed E-state index contributed by atoms with van der Waals surface area (Å²) in [5, 5.41) is 39.9. The summed E-state index contributed by atoms with van der Waals surface area (Å²) in [6.45, 7) is 0.939. The van der Waals surface area contributed by atoms with Crippen molar-refractivity contribution in [1.29, 1.82) is 0 Å². The number of amides is 3. The molecule has 1 aromatic carbocycles. The molecule has 0 saturated carbocycles. The molecule has 0 spiro atoms. The second-order valence-electron chi connectivity index (χ2n) is 8.39. The Balaban J connectivity index is 1.71. The van der Waals surface area contributed by atoms with Crippen LogP contribution in [0.5, 0.6) is 5.75 Å². The Morgan fingerprint density at radius 3 is 2.56 bits per heavy atom. The minimum Gasteiger partial charge on any atom is -0.494 e. The number of aliphatic hydroxyl groups is 3. The second kappa shape index (κ2) is 12.5. The summed E-state index contributed by atoms with van der Waals surface area (Å²) in [6.07, 6.45) is -0.625. The first-order valence-electron chi connectivity index (χ1n) is 11.9. The number of carbonyl (C=O) groups is 3. The maximum absolute atomic E-state index is 12.7. The molecule has 216 valence electrons. The molecule has 3 heterocycles. The van der Waals surface area contributed by atoms with Gasteiger partial charge in [-0.05, 0) is 12.1 Å². The summed E-state index contributed by atoms with van der Waals surface area (Å²) in [6, 6.07) is 6.26. The van der Waals surface area contributed by atoms with Gasteiger partial charge in [-0.15, -0.1) is 10.2 Å². The van der Waals surface area contributed by atoms with E-state index >= 15 is 0 Å². The summed E-state index contributed by atoms with van der Waals surface area (Å²) in [5.41, 5.74) is 0.694. The minimum atomic E-state index is -3.53. The number of nitrogens with zero attached hydrogens (tertiary/aromatic N) is 6. The predicted molar refractivity (Wildman–Crippen MR) is 140 cm³/mol. The van der Waals surface area contributed by atoms with Crippen molar-refractivity contribution in [3.63, 3.8) is 0 Å². The van der Waals surface area contributed by atoms with Crippen LogP contribution >= 0.6 is 0 Å². The molecule has 17 nitrogen and oxygen atoms in total. The van der Waals surface area contributed by atoms with Crippen LogP contribution in [-0.2, 0) is 14.3 Å². The Hall–Kier alpha value is -4.97. The third kappa shape index (κ3) is 6.79. The average molecular weight is 571 g/mol. The fraction of sp³-hybridized carbons (Fsp3) is 0.292. The Bertz CT molecular complexity index is 1420. The van der Waals surface area contributed by atoms with Gasteiger partial charge in [0.25, 0.3) is 5.91 Å². The number of anilines is 4. The Kier molecular flexibility index (Phi) is 8.83. The largest absolute Gasteiger partial charge is 0.494 e. The number of benzene rings is 1. The molecule has 0 radical (unpaired) electrons. The van der Waals surface area contributed by atoms with Gasteiger partial charge in [0.15, 0.2) is 23.1 Å². The van der Waals surface area contributed by atoms with Gasteiger partial charge in [-0.3, -0.25) is 19.8 Å². The molecule has 2 aromatic heterocycles. The molecule has 3 amide bonds. The number of cyclic esters (lactones) is 1. The van der Waals surface area contributed by atoms with E-state index in [-0.39, 0.29) is 36.2 Å². The molecule has 17 heteroatoms. The molecule has 41 heavy (non-hydrogen) atoms. The first-order valence-corrected chi connectivity index (χ1v) is 11.9. The molecule has 0 atom stereocenters. The number of carbonyl (C=O) groups excluding carboxylic acids is 3. The van der Waals surface area contributed by atoms with Crippen LogP contribution < -0.4 is 25.2 Å². The first kappa shape index (κ1) is 29.0. The molecule has 1 aliphatic rings. The van der Waals surface area contributed by atoms with Crippen LogP contribution in [0.25, 0.3) is 11.4 Å². The smallest absolute Gasteiger partial charge is 0.415 e. The fourth-order valence-corrected chi connectivity index (χ4v) is 3.81. The highest BCUT2D eigenvalue weighted by Gasteiger charge is 2.30. The van der Waals surface area contributed by atoms with Crippen LogP contribution in [0.3, 0.4) is 0 Å². The van der Waals surface area contributed by atoms with E-state index in [9.17, 15) is 29.7 Å². The van der Waals surface area contributed by atoms with E-state index in [1.165, 1.54) is 42.5 Å². The monoisotopic (exact) mass is 570 g/mol. The Morgan fingerprint density at radius 1 is 1.20 bits per heavy atom. The molecule has 5 N–H and O–H groups in total. The topological polar surface area (TPSA) is 222 Å². The van der Waals surface area contributed by atoms with Gasteiger partial charge < -0.3 is 39.7 Å². The fourth-order valence-electron chi connectivity index (χ4n) is 3.81. The lowest BCUT2D eigenvalue weighted by atomic mass is 10.1. The molecule has 0 bridgehead atoms. The quantitative estimate of drug-likeness (QED) is 0.138. The molecular formula is C24H26N8O9. The molecule has 0 unspecified atom stereocenters. The van der Waals surface area contributed by atoms with Crippen molar-refractivity contribution < 1.29 is 43.9 Å². The van der Waals surface area contributed by atoms with Crippen molar-refractivity contribution in [3.05, 3.63) is 42.4 Å². The van der Waals surface area contributed by atoms with E-state index in [2.05, 4.69) is 25.5 Å². The summed E-state index contributed by atoms with van der Waals surface area (Å²) < 4.78 is 15.6. The van der Waals surface area contributed by atoms with Gasteiger partial charge in [0.1, 0.15) is 6.61 Å². The van der Waals surface area contributed by atoms with Crippen molar-refractivity contribution in [3.8, 4) is 17.1 Å². The van der Waals surface area contributed by atoms with E-state index in [0.29, 0.717) is 36.5 Å². The van der Waals surface area contributed by atoms with Crippen molar-refractivity contribution in [2.75, 3.05) is 55.6 Å². The zero-order valence-corrected chi connectivity index (χ0v) is 21.8. The standard InChI is InChI=1S/C24H26N8O9/c1-39-8-6-31(13-33)14-11-25-21(26-12-14)15-4-3-5-16(20(15)40-2)27-17-10-18(32-7-9-41-23(32)35)29-30-19(17)22(34)28-24(36,37)38/h3-5,10-13,36-38H,6-9H2,1-2H3,(H,27,29)(H,28,34). The third-order valence-electron chi connectivity index (χ3n) is 5.68. The molecule has 1 aliphatic heterocycles. The molecule has 1 saturated heterocycles. The van der Waals surface area contributed by atoms with E-state index in [1.54, 1.807) is 23.5 Å². The second-order valence-corrected chi connectivity index (χ2v) is 8.39. The van der Waals surface area contributed by atoms with Crippen LogP contribution in [0.4, 0.5) is 27.7 Å². The van der Waals surface area contributed by atoms with Crippen LogP contribution in [0.1, 0.15) is 10.5 Å². The van der Waals surface area contributed by atoms with Gasteiger partial charge >= 0.3 is 12.2 Å². The highest BCUT2D eigenvalue weighted by Crippen LogP contribution is 2.37. The molecule has 0 aliphatic carbocycles. The highest BCUT2D eigenvalue weighted by atomic mass is 16.7. The average Bonchev–Trinajstić information content (AvgIpc) is 3.38. The van der Waals surface area contributed by atoms with E-state index in [1.807, 2.05) is 0 Å². The van der Waals surface area contributed by atoms with Crippen LogP contribution in [0.2, 0.25) is 0 Å². The van der Waals surface area contributed by atoms with E-state index < -0.39 is 23.8 Å².